The Hall–Kier alpha value is -2.90. The van der Waals surface area contributed by atoms with Crippen LogP contribution in [0.4, 0.5) is 5.69 Å². The Morgan fingerprint density at radius 2 is 1.39 bits per heavy atom. The maximum Gasteiger partial charge on any atom is 0.338 e. The Kier molecular flexibility index (Phi) is 9.54. The Morgan fingerprint density at radius 1 is 0.786 bits per heavy atom. The van der Waals surface area contributed by atoms with Crippen molar-refractivity contribution >= 4 is 17.6 Å². The monoisotopic (exact) mass is 387 g/mol. The van der Waals surface area contributed by atoms with Gasteiger partial charge in [0.25, 0.3) is 0 Å². The number of benzene rings is 2. The van der Waals surface area contributed by atoms with Gasteiger partial charge in [-0.25, -0.2) is 4.79 Å². The standard InChI is InChI=1S/C21H25NO6/c1-17(23)22-19-7-9-20(10-8-19)27-15-13-25-11-12-26-14-16-28-21(24)18-5-3-2-4-6-18/h2-10H,11-16H2,1H3,(H,22,23). The topological polar surface area (TPSA) is 83.1 Å². The summed E-state index contributed by atoms with van der Waals surface area (Å²) in [4.78, 5) is 22.7. The van der Waals surface area contributed by atoms with Crippen molar-refractivity contribution in [2.45, 2.75) is 6.92 Å². The lowest BCUT2D eigenvalue weighted by molar-refractivity contribution is -0.114. The molecule has 0 heterocycles. The van der Waals surface area contributed by atoms with Gasteiger partial charge in [-0.15, -0.1) is 0 Å². The number of carbonyl (C=O) groups is 2. The van der Waals surface area contributed by atoms with Crippen molar-refractivity contribution in [2.75, 3.05) is 45.0 Å². The van der Waals surface area contributed by atoms with Crippen molar-refractivity contribution in [2.24, 2.45) is 0 Å². The van der Waals surface area contributed by atoms with Crippen molar-refractivity contribution in [3.63, 3.8) is 0 Å². The molecule has 7 nitrogen and oxygen atoms in total. The molecule has 0 aliphatic heterocycles. The molecule has 150 valence electrons. The predicted molar refractivity (Wildman–Crippen MR) is 105 cm³/mol. The summed E-state index contributed by atoms with van der Waals surface area (Å²) >= 11 is 0. The second-order valence-corrected chi connectivity index (χ2v) is 5.78. The quantitative estimate of drug-likeness (QED) is 0.445. The molecule has 0 aromatic heterocycles. The molecule has 1 amide bonds. The summed E-state index contributed by atoms with van der Waals surface area (Å²) in [6.07, 6.45) is 0. The Bertz CT molecular complexity index is 717. The maximum atomic E-state index is 11.7. The molecule has 0 unspecified atom stereocenters. The highest BCUT2D eigenvalue weighted by molar-refractivity contribution is 5.89. The number of anilines is 1. The number of ether oxygens (including phenoxy) is 4. The Morgan fingerprint density at radius 3 is 2.04 bits per heavy atom. The molecule has 0 bridgehead atoms. The molecular weight excluding hydrogens is 362 g/mol. The summed E-state index contributed by atoms with van der Waals surface area (Å²) in [6.45, 7) is 3.66. The predicted octanol–water partition coefficient (Wildman–Crippen LogP) is 2.91. The lowest BCUT2D eigenvalue weighted by Gasteiger charge is -2.09. The molecule has 2 aromatic rings. The highest BCUT2D eigenvalue weighted by atomic mass is 16.6. The molecule has 0 spiro atoms. The van der Waals surface area contributed by atoms with E-state index in [4.69, 9.17) is 18.9 Å². The average Bonchev–Trinajstić information content (AvgIpc) is 2.70. The maximum absolute atomic E-state index is 11.7. The third-order valence-electron chi connectivity index (χ3n) is 3.51. The minimum atomic E-state index is -0.359. The first-order valence-electron chi connectivity index (χ1n) is 9.03. The number of rotatable bonds is 12. The number of hydrogen-bond acceptors (Lipinski definition) is 6. The van der Waals surface area contributed by atoms with Gasteiger partial charge in [-0.3, -0.25) is 4.79 Å². The molecular formula is C21H25NO6. The highest BCUT2D eigenvalue weighted by Gasteiger charge is 2.05. The Balaban J connectivity index is 1.43. The van der Waals surface area contributed by atoms with Gasteiger partial charge < -0.3 is 24.3 Å². The molecule has 1 N–H and O–H groups in total. The first kappa shape index (κ1) is 21.4. The molecule has 0 aliphatic carbocycles. The van der Waals surface area contributed by atoms with E-state index in [1.807, 2.05) is 6.07 Å². The zero-order valence-electron chi connectivity index (χ0n) is 15.9. The summed E-state index contributed by atoms with van der Waals surface area (Å²) in [5, 5.41) is 2.69. The van der Waals surface area contributed by atoms with E-state index >= 15 is 0 Å². The van der Waals surface area contributed by atoms with Gasteiger partial charge in [0, 0.05) is 12.6 Å². The highest BCUT2D eigenvalue weighted by Crippen LogP contribution is 2.15. The van der Waals surface area contributed by atoms with Crippen molar-refractivity contribution in [1.82, 2.24) is 0 Å². The summed E-state index contributed by atoms with van der Waals surface area (Å²) < 4.78 is 21.4. The van der Waals surface area contributed by atoms with Crippen LogP contribution < -0.4 is 10.1 Å². The molecule has 7 heteroatoms. The van der Waals surface area contributed by atoms with E-state index in [1.54, 1.807) is 48.5 Å². The second kappa shape index (κ2) is 12.5. The fourth-order valence-electron chi connectivity index (χ4n) is 2.23. The summed E-state index contributed by atoms with van der Waals surface area (Å²) in [7, 11) is 0. The lowest BCUT2D eigenvalue weighted by Crippen LogP contribution is -2.14. The van der Waals surface area contributed by atoms with Crippen LogP contribution in [0.1, 0.15) is 17.3 Å². The van der Waals surface area contributed by atoms with Crippen LogP contribution in [0, 0.1) is 0 Å². The first-order valence-corrected chi connectivity index (χ1v) is 9.03. The van der Waals surface area contributed by atoms with Crippen LogP contribution in [0.5, 0.6) is 5.75 Å². The zero-order chi connectivity index (χ0) is 20.0. The SMILES string of the molecule is CC(=O)Nc1ccc(OCCOCCOCCOC(=O)c2ccccc2)cc1. The molecule has 0 saturated carbocycles. The van der Waals surface area contributed by atoms with Gasteiger partial charge in [-0.2, -0.15) is 0 Å². The molecule has 28 heavy (non-hydrogen) atoms. The van der Waals surface area contributed by atoms with E-state index in [0.717, 1.165) is 5.69 Å². The van der Waals surface area contributed by atoms with Crippen molar-refractivity contribution in [1.29, 1.82) is 0 Å². The third-order valence-corrected chi connectivity index (χ3v) is 3.51. The fourth-order valence-corrected chi connectivity index (χ4v) is 2.23. The fraction of sp³-hybridized carbons (Fsp3) is 0.333. The molecule has 0 saturated heterocycles. The molecule has 2 aromatic carbocycles. The van der Waals surface area contributed by atoms with Crippen LogP contribution in [0.25, 0.3) is 0 Å². The first-order chi connectivity index (χ1) is 13.6. The normalized spacial score (nSPS) is 10.3. The van der Waals surface area contributed by atoms with E-state index in [0.29, 0.717) is 44.3 Å². The lowest BCUT2D eigenvalue weighted by atomic mass is 10.2. The number of carbonyl (C=O) groups excluding carboxylic acids is 2. The van der Waals surface area contributed by atoms with Crippen LogP contribution in [0.2, 0.25) is 0 Å². The largest absolute Gasteiger partial charge is 0.491 e. The van der Waals surface area contributed by atoms with E-state index in [1.165, 1.54) is 6.92 Å². The molecule has 0 radical (unpaired) electrons. The van der Waals surface area contributed by atoms with Crippen LogP contribution in [0.15, 0.2) is 54.6 Å². The third kappa shape index (κ3) is 8.66. The number of amides is 1. The van der Waals surface area contributed by atoms with Crippen LogP contribution >= 0.6 is 0 Å². The molecule has 0 aliphatic rings. The number of esters is 1. The van der Waals surface area contributed by atoms with E-state index in [2.05, 4.69) is 5.32 Å². The summed E-state index contributed by atoms with van der Waals surface area (Å²) in [5.41, 5.74) is 1.25. The Labute approximate surface area is 164 Å². The van der Waals surface area contributed by atoms with Gasteiger partial charge in [-0.1, -0.05) is 18.2 Å². The van der Waals surface area contributed by atoms with E-state index in [-0.39, 0.29) is 18.5 Å². The minimum Gasteiger partial charge on any atom is -0.491 e. The minimum absolute atomic E-state index is 0.112. The average molecular weight is 387 g/mol. The van der Waals surface area contributed by atoms with Gasteiger partial charge >= 0.3 is 5.97 Å². The van der Waals surface area contributed by atoms with Gasteiger partial charge in [0.2, 0.25) is 5.91 Å². The van der Waals surface area contributed by atoms with E-state index < -0.39 is 0 Å². The molecule has 0 atom stereocenters. The number of hydrogen-bond donors (Lipinski definition) is 1. The van der Waals surface area contributed by atoms with Gasteiger partial charge in [0.05, 0.1) is 32.0 Å². The van der Waals surface area contributed by atoms with Crippen molar-refractivity contribution in [3.05, 3.63) is 60.2 Å². The summed E-state index contributed by atoms with van der Waals surface area (Å²) in [6, 6.07) is 15.9. The zero-order valence-corrected chi connectivity index (χ0v) is 15.9. The smallest absolute Gasteiger partial charge is 0.338 e. The van der Waals surface area contributed by atoms with Crippen molar-refractivity contribution < 1.29 is 28.5 Å². The van der Waals surface area contributed by atoms with Crippen LogP contribution in [-0.4, -0.2) is 51.5 Å². The van der Waals surface area contributed by atoms with Crippen LogP contribution in [-0.2, 0) is 19.0 Å². The molecule has 0 fully saturated rings. The number of nitrogens with one attached hydrogen (secondary N) is 1. The van der Waals surface area contributed by atoms with Gasteiger partial charge in [0.1, 0.15) is 19.0 Å². The van der Waals surface area contributed by atoms with Crippen molar-refractivity contribution in [3.8, 4) is 5.75 Å². The van der Waals surface area contributed by atoms with E-state index in [9.17, 15) is 9.59 Å². The van der Waals surface area contributed by atoms with Gasteiger partial charge in [0.15, 0.2) is 0 Å². The van der Waals surface area contributed by atoms with Gasteiger partial charge in [-0.05, 0) is 36.4 Å². The summed E-state index contributed by atoms with van der Waals surface area (Å²) in [5.74, 6) is 0.232. The second-order valence-electron chi connectivity index (χ2n) is 5.78. The molecule has 2 rings (SSSR count). The van der Waals surface area contributed by atoms with Crippen LogP contribution in [0.3, 0.4) is 0 Å².